The number of carbonyl (C=O) groups excluding carboxylic acids is 1. The molecule has 1 aromatic heterocycles. The van der Waals surface area contributed by atoms with Gasteiger partial charge in [-0.05, 0) is 66.9 Å². The highest BCUT2D eigenvalue weighted by atomic mass is 32.1. The third-order valence-corrected chi connectivity index (χ3v) is 7.92. The highest BCUT2D eigenvalue weighted by Gasteiger charge is 2.33. The van der Waals surface area contributed by atoms with Gasteiger partial charge >= 0.3 is 5.97 Å². The van der Waals surface area contributed by atoms with E-state index in [1.54, 1.807) is 37.8 Å². The maximum absolute atomic E-state index is 13.9. The number of benzene rings is 3. The molecular weight excluding hydrogens is 540 g/mol. The number of hydrogen-bond donors (Lipinski definition) is 0. The Morgan fingerprint density at radius 1 is 0.976 bits per heavy atom. The number of hydrogen-bond acceptors (Lipinski definition) is 8. The molecule has 3 aromatic carbocycles. The van der Waals surface area contributed by atoms with Crippen LogP contribution in [0.4, 0.5) is 0 Å². The molecule has 0 N–H and O–H groups in total. The number of fused-ring (bicyclic) bond motifs is 1. The van der Waals surface area contributed by atoms with E-state index in [1.807, 2.05) is 67.6 Å². The van der Waals surface area contributed by atoms with Crippen molar-refractivity contribution in [1.29, 1.82) is 0 Å². The first kappa shape index (κ1) is 27.9. The standard InChI is InChI=1S/C32H30N2O6S/c1-19-8-6-7-9-25(19)40-18-23-16-21(10-15-26(23)38-4)17-27-30(35)34-29(22-11-13-24(37-3)14-12-22)28(31(36)39-5)20(2)33-32(34)41-27/h6-17,29H,18H2,1-5H3/b27-17+/t29-/m1/s1. The molecule has 0 bridgehead atoms. The Labute approximate surface area is 241 Å². The van der Waals surface area contributed by atoms with E-state index in [1.165, 1.54) is 18.4 Å². The first-order chi connectivity index (χ1) is 19.8. The van der Waals surface area contributed by atoms with Crippen LogP contribution in [0.25, 0.3) is 6.08 Å². The van der Waals surface area contributed by atoms with Crippen molar-refractivity contribution in [2.75, 3.05) is 21.3 Å². The van der Waals surface area contributed by atoms with Gasteiger partial charge in [-0.2, -0.15) is 0 Å². The Morgan fingerprint density at radius 2 is 1.73 bits per heavy atom. The van der Waals surface area contributed by atoms with Gasteiger partial charge in [0.1, 0.15) is 23.9 Å². The van der Waals surface area contributed by atoms with Crippen molar-refractivity contribution in [3.63, 3.8) is 0 Å². The van der Waals surface area contributed by atoms with Gasteiger partial charge in [-0.3, -0.25) is 9.36 Å². The molecule has 1 aliphatic rings. The van der Waals surface area contributed by atoms with Gasteiger partial charge in [-0.25, -0.2) is 9.79 Å². The van der Waals surface area contributed by atoms with Crippen LogP contribution in [0.1, 0.15) is 35.2 Å². The zero-order valence-corrected chi connectivity index (χ0v) is 24.3. The van der Waals surface area contributed by atoms with Gasteiger partial charge in [0, 0.05) is 5.56 Å². The zero-order valence-electron chi connectivity index (χ0n) is 23.5. The Balaban J connectivity index is 1.58. The van der Waals surface area contributed by atoms with Gasteiger partial charge in [0.2, 0.25) is 0 Å². The highest BCUT2D eigenvalue weighted by Crippen LogP contribution is 2.31. The van der Waals surface area contributed by atoms with Crippen molar-refractivity contribution < 1.29 is 23.7 Å². The van der Waals surface area contributed by atoms with E-state index in [4.69, 9.17) is 18.9 Å². The lowest BCUT2D eigenvalue weighted by atomic mass is 9.96. The lowest BCUT2D eigenvalue weighted by Crippen LogP contribution is -2.39. The molecule has 8 nitrogen and oxygen atoms in total. The molecule has 1 atom stereocenters. The van der Waals surface area contributed by atoms with Gasteiger partial charge in [0.15, 0.2) is 4.80 Å². The molecule has 210 valence electrons. The van der Waals surface area contributed by atoms with Crippen molar-refractivity contribution >= 4 is 23.4 Å². The van der Waals surface area contributed by atoms with Gasteiger partial charge in [0.25, 0.3) is 5.56 Å². The molecule has 0 amide bonds. The highest BCUT2D eigenvalue weighted by molar-refractivity contribution is 7.07. The second kappa shape index (κ2) is 11.9. The molecule has 0 spiro atoms. The van der Waals surface area contributed by atoms with E-state index in [-0.39, 0.29) is 5.56 Å². The number of ether oxygens (including phenoxy) is 4. The van der Waals surface area contributed by atoms with Crippen molar-refractivity contribution in [2.24, 2.45) is 4.99 Å². The molecule has 0 saturated heterocycles. The molecule has 1 aliphatic heterocycles. The fourth-order valence-electron chi connectivity index (χ4n) is 4.82. The molecule has 2 heterocycles. The summed E-state index contributed by atoms with van der Waals surface area (Å²) in [6.07, 6.45) is 1.82. The summed E-state index contributed by atoms with van der Waals surface area (Å²) in [7, 11) is 4.52. The van der Waals surface area contributed by atoms with Crippen LogP contribution in [0.2, 0.25) is 0 Å². The Morgan fingerprint density at radius 3 is 2.41 bits per heavy atom. The Bertz CT molecular complexity index is 1820. The van der Waals surface area contributed by atoms with E-state index in [9.17, 15) is 9.59 Å². The van der Waals surface area contributed by atoms with Crippen molar-refractivity contribution in [1.82, 2.24) is 4.57 Å². The summed E-state index contributed by atoms with van der Waals surface area (Å²) < 4.78 is 24.1. The van der Waals surface area contributed by atoms with E-state index in [0.29, 0.717) is 38.7 Å². The smallest absolute Gasteiger partial charge is 0.338 e. The van der Waals surface area contributed by atoms with Crippen LogP contribution >= 0.6 is 11.3 Å². The van der Waals surface area contributed by atoms with Gasteiger partial charge in [0.05, 0.1) is 43.2 Å². The topological polar surface area (TPSA) is 88.4 Å². The molecule has 4 aromatic rings. The van der Waals surface area contributed by atoms with Crippen molar-refractivity contribution in [2.45, 2.75) is 26.5 Å². The Hall–Kier alpha value is -4.63. The van der Waals surface area contributed by atoms with Gasteiger partial charge < -0.3 is 18.9 Å². The third kappa shape index (κ3) is 5.53. The lowest BCUT2D eigenvalue weighted by molar-refractivity contribution is -0.136. The van der Waals surface area contributed by atoms with Crippen molar-refractivity contribution in [3.8, 4) is 17.2 Å². The summed E-state index contributed by atoms with van der Waals surface area (Å²) in [6, 6.07) is 20.1. The number of para-hydroxylation sites is 1. The SMILES string of the molecule is COC(=O)C1=C(C)N=c2s/c(=C/c3ccc(OC)c(COc4ccccc4C)c3)c(=O)n2[C@@H]1c1ccc(OC)cc1. The average Bonchev–Trinajstić information content (AvgIpc) is 3.29. The number of thiazole rings is 1. The molecular formula is C32H30N2O6S. The first-order valence-corrected chi connectivity index (χ1v) is 13.8. The number of nitrogens with zero attached hydrogens (tertiary/aromatic N) is 2. The van der Waals surface area contributed by atoms with E-state index < -0.39 is 12.0 Å². The first-order valence-electron chi connectivity index (χ1n) is 12.9. The predicted molar refractivity (Wildman–Crippen MR) is 157 cm³/mol. The summed E-state index contributed by atoms with van der Waals surface area (Å²) in [5.74, 6) is 1.62. The molecule has 0 unspecified atom stereocenters. The lowest BCUT2D eigenvalue weighted by Gasteiger charge is -2.24. The van der Waals surface area contributed by atoms with Crippen LogP contribution in [0.5, 0.6) is 17.2 Å². The summed E-state index contributed by atoms with van der Waals surface area (Å²) in [5.41, 5.74) is 4.01. The molecule has 9 heteroatoms. The maximum Gasteiger partial charge on any atom is 0.338 e. The van der Waals surface area contributed by atoms with E-state index >= 15 is 0 Å². The number of methoxy groups -OCH3 is 3. The second-order valence-corrected chi connectivity index (χ2v) is 10.5. The van der Waals surface area contributed by atoms with Crippen LogP contribution in [-0.4, -0.2) is 31.9 Å². The summed E-state index contributed by atoms with van der Waals surface area (Å²) in [4.78, 5) is 31.9. The minimum Gasteiger partial charge on any atom is -0.497 e. The van der Waals surface area contributed by atoms with Crippen LogP contribution in [0, 0.1) is 6.92 Å². The molecule has 0 saturated carbocycles. The van der Waals surface area contributed by atoms with Crippen LogP contribution in [0.15, 0.2) is 87.8 Å². The normalized spacial score (nSPS) is 14.8. The van der Waals surface area contributed by atoms with E-state index in [0.717, 1.165) is 28.0 Å². The van der Waals surface area contributed by atoms with Gasteiger partial charge in [-0.15, -0.1) is 0 Å². The molecule has 0 fully saturated rings. The number of rotatable bonds is 8. The molecule has 0 radical (unpaired) electrons. The maximum atomic E-state index is 13.9. The van der Waals surface area contributed by atoms with Crippen molar-refractivity contribution in [3.05, 3.63) is 120 Å². The third-order valence-electron chi connectivity index (χ3n) is 6.94. The minimum atomic E-state index is -0.694. The van der Waals surface area contributed by atoms with Crippen LogP contribution < -0.4 is 29.1 Å². The second-order valence-electron chi connectivity index (χ2n) is 9.47. The predicted octanol–water partition coefficient (Wildman–Crippen LogP) is 4.31. The summed E-state index contributed by atoms with van der Waals surface area (Å²) in [5, 5.41) is 0. The number of aryl methyl sites for hydroxylation is 1. The number of aromatic nitrogens is 1. The molecule has 5 rings (SSSR count). The monoisotopic (exact) mass is 570 g/mol. The van der Waals surface area contributed by atoms with Crippen LogP contribution in [-0.2, 0) is 16.1 Å². The molecule has 41 heavy (non-hydrogen) atoms. The summed E-state index contributed by atoms with van der Waals surface area (Å²) in [6.45, 7) is 4.05. The summed E-state index contributed by atoms with van der Waals surface area (Å²) >= 11 is 1.27. The van der Waals surface area contributed by atoms with Gasteiger partial charge in [-0.1, -0.05) is 47.7 Å². The average molecular weight is 571 g/mol. The molecule has 0 aliphatic carbocycles. The zero-order chi connectivity index (χ0) is 29.1. The van der Waals surface area contributed by atoms with Crippen LogP contribution in [0.3, 0.4) is 0 Å². The number of allylic oxidation sites excluding steroid dienone is 1. The largest absolute Gasteiger partial charge is 0.497 e. The van der Waals surface area contributed by atoms with E-state index in [2.05, 4.69) is 4.99 Å². The fourth-order valence-corrected chi connectivity index (χ4v) is 5.87. The quantitative estimate of drug-likeness (QED) is 0.294. The number of esters is 1. The fraction of sp³-hybridized carbons (Fsp3) is 0.219. The minimum absolute atomic E-state index is 0.253. The Kier molecular flexibility index (Phi) is 8.07. The number of carbonyl (C=O) groups is 1.